The smallest absolute Gasteiger partial charge is 0.334 e. The highest BCUT2D eigenvalue weighted by Crippen LogP contribution is 2.34. The van der Waals surface area contributed by atoms with Gasteiger partial charge in [-0.25, -0.2) is 4.79 Å². The monoisotopic (exact) mass is 316 g/mol. The van der Waals surface area contributed by atoms with Crippen molar-refractivity contribution in [2.45, 2.75) is 65.1 Å². The fourth-order valence-corrected chi connectivity index (χ4v) is 3.31. The zero-order valence-corrected chi connectivity index (χ0v) is 14.5. The molecule has 1 saturated heterocycles. The average Bonchev–Trinajstić information content (AvgIpc) is 2.70. The average molecular weight is 316 g/mol. The Morgan fingerprint density at radius 2 is 1.87 bits per heavy atom. The Bertz CT molecular complexity index is 565. The van der Waals surface area contributed by atoms with Crippen molar-refractivity contribution >= 4 is 5.97 Å². The van der Waals surface area contributed by atoms with Crippen LogP contribution >= 0.6 is 0 Å². The highest BCUT2D eigenvalue weighted by molar-refractivity contribution is 5.90. The summed E-state index contributed by atoms with van der Waals surface area (Å²) in [7, 11) is 0. The largest absolute Gasteiger partial charge is 0.458 e. The van der Waals surface area contributed by atoms with E-state index in [0.717, 1.165) is 24.8 Å². The van der Waals surface area contributed by atoms with E-state index >= 15 is 0 Å². The number of hydrogen-bond donors (Lipinski definition) is 1. The molecule has 0 spiro atoms. The lowest BCUT2D eigenvalue weighted by Gasteiger charge is -2.18. The second kappa shape index (κ2) is 7.78. The number of fused-ring (bicyclic) bond motifs is 1. The lowest BCUT2D eigenvalue weighted by atomic mass is 9.88. The lowest BCUT2D eigenvalue weighted by Crippen LogP contribution is -2.17. The Morgan fingerprint density at radius 3 is 2.61 bits per heavy atom. The summed E-state index contributed by atoms with van der Waals surface area (Å²) in [6.07, 6.45) is 9.74. The molecule has 1 aliphatic heterocycles. The molecule has 23 heavy (non-hydrogen) atoms. The van der Waals surface area contributed by atoms with Crippen molar-refractivity contribution in [2.24, 2.45) is 5.92 Å². The van der Waals surface area contributed by atoms with Crippen LogP contribution in [0.5, 0.6) is 0 Å². The number of carbonyl (C=O) groups excluding carboxylic acids is 1. The van der Waals surface area contributed by atoms with Crippen molar-refractivity contribution in [3.05, 3.63) is 47.1 Å². The van der Waals surface area contributed by atoms with Crippen LogP contribution in [0.25, 0.3) is 0 Å². The number of carbonyl (C=O) groups is 1. The van der Waals surface area contributed by atoms with Gasteiger partial charge in [-0.3, -0.25) is 0 Å². The molecule has 1 fully saturated rings. The van der Waals surface area contributed by atoms with E-state index in [1.54, 1.807) is 0 Å². The summed E-state index contributed by atoms with van der Waals surface area (Å²) in [6, 6.07) is 0. The lowest BCUT2D eigenvalue weighted by molar-refractivity contribution is -0.139. The van der Waals surface area contributed by atoms with Crippen LogP contribution in [0.15, 0.2) is 47.1 Å². The van der Waals surface area contributed by atoms with Gasteiger partial charge in [0.05, 0.1) is 6.10 Å². The van der Waals surface area contributed by atoms with E-state index in [2.05, 4.69) is 32.6 Å². The van der Waals surface area contributed by atoms with Crippen LogP contribution in [0.4, 0.5) is 0 Å². The van der Waals surface area contributed by atoms with Crippen molar-refractivity contribution in [3.8, 4) is 0 Å². The zero-order chi connectivity index (χ0) is 17.0. The van der Waals surface area contributed by atoms with E-state index in [1.165, 1.54) is 11.1 Å². The van der Waals surface area contributed by atoms with Crippen LogP contribution < -0.4 is 0 Å². The van der Waals surface area contributed by atoms with Gasteiger partial charge in [0.25, 0.3) is 0 Å². The third kappa shape index (κ3) is 4.93. The fraction of sp³-hybridized carbons (Fsp3) is 0.550. The Labute approximate surface area is 139 Å². The molecule has 2 aliphatic rings. The van der Waals surface area contributed by atoms with Crippen LogP contribution in [0.2, 0.25) is 0 Å². The van der Waals surface area contributed by atoms with Crippen molar-refractivity contribution in [2.75, 3.05) is 0 Å². The molecule has 3 nitrogen and oxygen atoms in total. The number of aliphatic hydroxyl groups is 1. The Kier molecular flexibility index (Phi) is 6.00. The molecule has 0 radical (unpaired) electrons. The number of hydrogen-bond acceptors (Lipinski definition) is 3. The molecule has 0 saturated carbocycles. The highest BCUT2D eigenvalue weighted by Gasteiger charge is 2.37. The maximum absolute atomic E-state index is 11.9. The van der Waals surface area contributed by atoms with Crippen LogP contribution in [-0.4, -0.2) is 23.3 Å². The number of esters is 1. The van der Waals surface area contributed by atoms with Gasteiger partial charge in [-0.2, -0.15) is 0 Å². The first-order valence-corrected chi connectivity index (χ1v) is 8.43. The Balaban J connectivity index is 2.24. The molecular weight excluding hydrogens is 288 g/mol. The predicted molar refractivity (Wildman–Crippen MR) is 92.9 cm³/mol. The molecule has 0 aromatic rings. The minimum absolute atomic E-state index is 0.0400. The molecule has 0 aromatic heterocycles. The Hall–Kier alpha value is -1.61. The second-order valence-corrected chi connectivity index (χ2v) is 6.94. The third-order valence-electron chi connectivity index (χ3n) is 4.70. The first-order chi connectivity index (χ1) is 10.9. The van der Waals surface area contributed by atoms with Gasteiger partial charge >= 0.3 is 5.97 Å². The highest BCUT2D eigenvalue weighted by atomic mass is 16.6. The van der Waals surface area contributed by atoms with Gasteiger partial charge in [-0.05, 0) is 46.5 Å². The number of aliphatic hydroxyl groups excluding tert-OH is 1. The van der Waals surface area contributed by atoms with E-state index in [9.17, 15) is 9.90 Å². The molecule has 2 rings (SSSR count). The third-order valence-corrected chi connectivity index (χ3v) is 4.70. The van der Waals surface area contributed by atoms with Crippen LogP contribution in [0.3, 0.4) is 0 Å². The SMILES string of the molecule is C=C1C(=O)O[C@H]2C/C(C)=C/[C@@H](O)C/C(C)=C/CCC(C)=CC[C@H]12. The summed E-state index contributed by atoms with van der Waals surface area (Å²) in [5, 5.41) is 10.2. The van der Waals surface area contributed by atoms with Gasteiger partial charge in [0.2, 0.25) is 0 Å². The first-order valence-electron chi connectivity index (χ1n) is 8.43. The minimum atomic E-state index is -0.482. The molecule has 3 atom stereocenters. The van der Waals surface area contributed by atoms with Crippen molar-refractivity contribution in [1.29, 1.82) is 0 Å². The standard InChI is InChI=1S/C20H28O3/c1-13-6-5-7-14(2)10-17(21)11-15(3)12-19-18(9-8-13)16(4)20(22)23-19/h7-8,11,17-19,21H,4-6,9-10,12H2,1-3H3/b13-8?,14-7+,15-11+/t17-,18+,19-/m0/s1. The molecule has 3 heteroatoms. The number of rotatable bonds is 0. The van der Waals surface area contributed by atoms with Crippen LogP contribution in [0, 0.1) is 5.92 Å². The van der Waals surface area contributed by atoms with Gasteiger partial charge in [0.1, 0.15) is 6.10 Å². The van der Waals surface area contributed by atoms with Gasteiger partial charge in [-0.15, -0.1) is 0 Å². The van der Waals surface area contributed by atoms with Crippen LogP contribution in [0.1, 0.15) is 52.9 Å². The van der Waals surface area contributed by atoms with Gasteiger partial charge in [0, 0.05) is 17.9 Å². The van der Waals surface area contributed by atoms with Gasteiger partial charge in [-0.1, -0.05) is 41.5 Å². The van der Waals surface area contributed by atoms with E-state index in [0.29, 0.717) is 18.4 Å². The van der Waals surface area contributed by atoms with E-state index in [1.807, 2.05) is 13.0 Å². The van der Waals surface area contributed by atoms with Crippen LogP contribution in [-0.2, 0) is 9.53 Å². The predicted octanol–water partition coefficient (Wildman–Crippen LogP) is 4.25. The molecule has 1 N–H and O–H groups in total. The topological polar surface area (TPSA) is 46.5 Å². The van der Waals surface area contributed by atoms with Crippen molar-refractivity contribution in [1.82, 2.24) is 0 Å². The Morgan fingerprint density at radius 1 is 1.13 bits per heavy atom. The van der Waals surface area contributed by atoms with Crippen molar-refractivity contribution in [3.63, 3.8) is 0 Å². The second-order valence-electron chi connectivity index (χ2n) is 6.94. The quantitative estimate of drug-likeness (QED) is 0.413. The summed E-state index contributed by atoms with van der Waals surface area (Å²) < 4.78 is 5.50. The van der Waals surface area contributed by atoms with E-state index < -0.39 is 6.10 Å². The number of allylic oxidation sites excluding steroid dienone is 3. The number of ether oxygens (including phenoxy) is 1. The summed E-state index contributed by atoms with van der Waals surface area (Å²) in [4.78, 5) is 11.9. The molecule has 0 amide bonds. The maximum atomic E-state index is 11.9. The zero-order valence-electron chi connectivity index (χ0n) is 14.5. The summed E-state index contributed by atoms with van der Waals surface area (Å²) in [5.74, 6) is -0.237. The molecule has 1 heterocycles. The summed E-state index contributed by atoms with van der Waals surface area (Å²) in [5.41, 5.74) is 4.17. The molecule has 0 unspecified atom stereocenters. The van der Waals surface area contributed by atoms with Gasteiger partial charge < -0.3 is 9.84 Å². The summed E-state index contributed by atoms with van der Waals surface area (Å²) >= 11 is 0. The fourth-order valence-electron chi connectivity index (χ4n) is 3.31. The van der Waals surface area contributed by atoms with E-state index in [-0.39, 0.29) is 18.0 Å². The molecule has 1 aliphatic carbocycles. The first kappa shape index (κ1) is 17.7. The molecule has 126 valence electrons. The molecular formula is C20H28O3. The van der Waals surface area contributed by atoms with Crippen molar-refractivity contribution < 1.29 is 14.6 Å². The normalized spacial score (nSPS) is 35.1. The van der Waals surface area contributed by atoms with E-state index in [4.69, 9.17) is 4.74 Å². The summed E-state index contributed by atoms with van der Waals surface area (Å²) in [6.45, 7) is 10.1. The molecule has 0 aromatic carbocycles. The molecule has 0 bridgehead atoms. The minimum Gasteiger partial charge on any atom is -0.458 e. The van der Waals surface area contributed by atoms with Gasteiger partial charge in [0.15, 0.2) is 0 Å². The maximum Gasteiger partial charge on any atom is 0.334 e.